The molecule has 2 saturated heterocycles. The summed E-state index contributed by atoms with van der Waals surface area (Å²) in [6.45, 7) is 8.53. The van der Waals surface area contributed by atoms with Crippen LogP contribution in [0.2, 0.25) is 0 Å². The average Bonchev–Trinajstić information content (AvgIpc) is 4.04. The third kappa shape index (κ3) is 9.05. The van der Waals surface area contributed by atoms with Crippen LogP contribution in [0.4, 0.5) is 0 Å². The normalized spacial score (nSPS) is 17.4. The zero-order valence-electron chi connectivity index (χ0n) is 27.1. The Morgan fingerprint density at radius 2 is 0.761 bits per heavy atom. The van der Waals surface area contributed by atoms with Gasteiger partial charge in [0.15, 0.2) is 0 Å². The molecule has 0 radical (unpaired) electrons. The van der Waals surface area contributed by atoms with E-state index in [9.17, 15) is 0 Å². The van der Waals surface area contributed by atoms with Crippen LogP contribution in [0.15, 0.2) is 97.1 Å². The van der Waals surface area contributed by atoms with Crippen molar-refractivity contribution in [3.05, 3.63) is 119 Å². The van der Waals surface area contributed by atoms with Crippen molar-refractivity contribution < 1.29 is 28.4 Å². The fourth-order valence-corrected chi connectivity index (χ4v) is 5.62. The number of unbranched alkanes of at least 4 members (excludes halogenated alkanes) is 2. The van der Waals surface area contributed by atoms with E-state index in [1.54, 1.807) is 0 Å². The van der Waals surface area contributed by atoms with Gasteiger partial charge in [0.05, 0.1) is 26.4 Å². The first-order valence-corrected chi connectivity index (χ1v) is 16.8. The van der Waals surface area contributed by atoms with Crippen molar-refractivity contribution in [1.29, 1.82) is 0 Å². The third-order valence-electron chi connectivity index (χ3n) is 8.50. The first-order valence-electron chi connectivity index (χ1n) is 16.8. The second-order valence-corrected chi connectivity index (χ2v) is 12.2. The van der Waals surface area contributed by atoms with Crippen molar-refractivity contribution in [3.63, 3.8) is 0 Å². The number of benzene rings is 4. The molecule has 0 saturated carbocycles. The van der Waals surface area contributed by atoms with E-state index in [2.05, 4.69) is 111 Å². The van der Waals surface area contributed by atoms with Gasteiger partial charge >= 0.3 is 0 Å². The molecule has 0 aliphatic carbocycles. The summed E-state index contributed by atoms with van der Waals surface area (Å²) in [6, 6.07) is 34.3. The van der Waals surface area contributed by atoms with Gasteiger partial charge in [-0.2, -0.15) is 0 Å². The van der Waals surface area contributed by atoms with Crippen LogP contribution in [0.1, 0.15) is 73.6 Å². The quantitative estimate of drug-likeness (QED) is 0.0771. The van der Waals surface area contributed by atoms with Gasteiger partial charge in [-0.25, -0.2) is 0 Å². The van der Waals surface area contributed by atoms with E-state index >= 15 is 0 Å². The van der Waals surface area contributed by atoms with E-state index in [1.807, 2.05) is 0 Å². The Kier molecular flexibility index (Phi) is 11.1. The van der Waals surface area contributed by atoms with Crippen molar-refractivity contribution in [2.75, 3.05) is 39.6 Å². The lowest BCUT2D eigenvalue weighted by molar-refractivity contribution is 0.263. The zero-order valence-corrected chi connectivity index (χ0v) is 27.1. The molecule has 0 N–H and O–H groups in total. The Morgan fingerprint density at radius 1 is 0.478 bits per heavy atom. The summed E-state index contributed by atoms with van der Waals surface area (Å²) < 4.78 is 34.7. The molecule has 6 nitrogen and oxygen atoms in total. The van der Waals surface area contributed by atoms with Gasteiger partial charge in [-0.05, 0) is 83.6 Å². The SMILES string of the molecule is CCCCOc1ccc(C(c2ccc(OCCCC)cc2)C(c2ccc(OCC3CO3)cc2)c2ccc(OCC3CO3)cc2)cc1. The van der Waals surface area contributed by atoms with Crippen molar-refractivity contribution in [2.24, 2.45) is 0 Å². The van der Waals surface area contributed by atoms with Crippen LogP contribution in [0.25, 0.3) is 0 Å². The lowest BCUT2D eigenvalue weighted by Gasteiger charge is -2.30. The highest BCUT2D eigenvalue weighted by atomic mass is 16.6. The molecule has 2 fully saturated rings. The predicted molar refractivity (Wildman–Crippen MR) is 181 cm³/mol. The molecule has 4 aromatic carbocycles. The lowest BCUT2D eigenvalue weighted by Crippen LogP contribution is -2.15. The van der Waals surface area contributed by atoms with E-state index in [4.69, 9.17) is 28.4 Å². The molecular formula is C40H46O6. The number of hydrogen-bond donors (Lipinski definition) is 0. The van der Waals surface area contributed by atoms with E-state index < -0.39 is 0 Å². The molecule has 6 rings (SSSR count). The summed E-state index contributed by atoms with van der Waals surface area (Å²) >= 11 is 0. The third-order valence-corrected chi connectivity index (χ3v) is 8.50. The monoisotopic (exact) mass is 622 g/mol. The van der Waals surface area contributed by atoms with Gasteiger partial charge in [0.25, 0.3) is 0 Å². The first-order chi connectivity index (χ1) is 22.7. The summed E-state index contributed by atoms with van der Waals surface area (Å²) in [7, 11) is 0. The summed E-state index contributed by atoms with van der Waals surface area (Å²) in [5.41, 5.74) is 4.83. The van der Waals surface area contributed by atoms with E-state index in [0.29, 0.717) is 13.2 Å². The molecule has 2 atom stereocenters. The maximum atomic E-state index is 6.03. The zero-order chi connectivity index (χ0) is 31.6. The molecule has 46 heavy (non-hydrogen) atoms. The smallest absolute Gasteiger partial charge is 0.119 e. The molecule has 0 amide bonds. The van der Waals surface area contributed by atoms with Crippen molar-refractivity contribution in [1.82, 2.24) is 0 Å². The predicted octanol–water partition coefficient (Wildman–Crippen LogP) is 8.56. The van der Waals surface area contributed by atoms with E-state index in [1.165, 1.54) is 22.3 Å². The Labute approximate surface area is 273 Å². The largest absolute Gasteiger partial charge is 0.494 e. The molecule has 0 spiro atoms. The fourth-order valence-electron chi connectivity index (χ4n) is 5.62. The molecule has 4 aromatic rings. The number of epoxide rings is 2. The Morgan fingerprint density at radius 3 is 1.02 bits per heavy atom. The van der Waals surface area contributed by atoms with Crippen molar-refractivity contribution >= 4 is 0 Å². The highest BCUT2D eigenvalue weighted by Crippen LogP contribution is 2.44. The Bertz CT molecular complexity index is 1350. The van der Waals surface area contributed by atoms with Crippen LogP contribution in [0, 0.1) is 0 Å². The summed E-state index contributed by atoms with van der Waals surface area (Å²) in [5.74, 6) is 3.53. The Balaban J connectivity index is 1.35. The van der Waals surface area contributed by atoms with Crippen molar-refractivity contribution in [2.45, 2.75) is 63.6 Å². The topological polar surface area (TPSA) is 62.0 Å². The maximum absolute atomic E-state index is 6.03. The summed E-state index contributed by atoms with van der Waals surface area (Å²) in [4.78, 5) is 0. The second-order valence-electron chi connectivity index (χ2n) is 12.2. The van der Waals surface area contributed by atoms with Gasteiger partial charge in [-0.3, -0.25) is 0 Å². The van der Waals surface area contributed by atoms with Crippen molar-refractivity contribution in [3.8, 4) is 23.0 Å². The van der Waals surface area contributed by atoms with Crippen LogP contribution in [-0.4, -0.2) is 51.8 Å². The number of rotatable bonds is 19. The minimum absolute atomic E-state index is 0.0142. The fraction of sp³-hybridized carbons (Fsp3) is 0.400. The van der Waals surface area contributed by atoms with Crippen LogP contribution >= 0.6 is 0 Å². The lowest BCUT2D eigenvalue weighted by atomic mass is 9.73. The molecular weight excluding hydrogens is 576 g/mol. The molecule has 2 heterocycles. The van der Waals surface area contributed by atoms with Crippen LogP contribution in [0.5, 0.6) is 23.0 Å². The summed E-state index contributed by atoms with van der Waals surface area (Å²) in [5, 5.41) is 0. The van der Waals surface area contributed by atoms with Crippen LogP contribution < -0.4 is 18.9 Å². The van der Waals surface area contributed by atoms with Gasteiger partial charge in [0, 0.05) is 11.8 Å². The molecule has 6 heteroatoms. The molecule has 0 aromatic heterocycles. The maximum Gasteiger partial charge on any atom is 0.119 e. The minimum atomic E-state index is 0.0142. The molecule has 0 bridgehead atoms. The van der Waals surface area contributed by atoms with Gasteiger partial charge in [-0.1, -0.05) is 75.2 Å². The second kappa shape index (κ2) is 16.0. The van der Waals surface area contributed by atoms with Gasteiger partial charge in [0.1, 0.15) is 48.4 Å². The molecule has 2 unspecified atom stereocenters. The van der Waals surface area contributed by atoms with E-state index in [0.717, 1.165) is 75.1 Å². The van der Waals surface area contributed by atoms with Gasteiger partial charge in [0.2, 0.25) is 0 Å². The van der Waals surface area contributed by atoms with Crippen LogP contribution in [-0.2, 0) is 9.47 Å². The summed E-state index contributed by atoms with van der Waals surface area (Å²) in [6.07, 6.45) is 4.73. The minimum Gasteiger partial charge on any atom is -0.494 e. The average molecular weight is 623 g/mol. The Hall–Kier alpha value is -4.00. The standard InChI is InChI=1S/C40H46O6/c1-3-5-23-41-33-15-7-29(8-16-33)39(30-9-17-34(18-10-30)42-24-6-4-2)40(31-11-19-35(20-12-31)43-25-37-27-45-37)32-13-21-36(22-14-32)44-26-38-28-46-38/h7-22,37-40H,3-6,23-28H2,1-2H3. The van der Waals surface area contributed by atoms with Crippen LogP contribution in [0.3, 0.4) is 0 Å². The number of hydrogen-bond acceptors (Lipinski definition) is 6. The highest BCUT2D eigenvalue weighted by Gasteiger charge is 2.29. The highest BCUT2D eigenvalue weighted by molar-refractivity contribution is 5.48. The molecule has 2 aliphatic heterocycles. The first kappa shape index (κ1) is 32.0. The number of ether oxygens (including phenoxy) is 6. The molecule has 2 aliphatic rings. The molecule has 242 valence electrons. The van der Waals surface area contributed by atoms with E-state index in [-0.39, 0.29) is 24.0 Å². The van der Waals surface area contributed by atoms with Gasteiger partial charge < -0.3 is 28.4 Å². The van der Waals surface area contributed by atoms with Gasteiger partial charge in [-0.15, -0.1) is 0 Å².